The zero-order chi connectivity index (χ0) is 20.8. The molecule has 0 aliphatic carbocycles. The Labute approximate surface area is 178 Å². The molecule has 0 unspecified atom stereocenters. The highest BCUT2D eigenvalue weighted by Gasteiger charge is 2.29. The fraction of sp³-hybridized carbons (Fsp3) is 0.269. The van der Waals surface area contributed by atoms with E-state index in [-0.39, 0.29) is 11.9 Å². The van der Waals surface area contributed by atoms with Gasteiger partial charge in [0.25, 0.3) is 5.91 Å². The van der Waals surface area contributed by atoms with Crippen LogP contribution >= 0.6 is 0 Å². The van der Waals surface area contributed by atoms with Crippen molar-refractivity contribution in [1.82, 2.24) is 4.90 Å². The van der Waals surface area contributed by atoms with Gasteiger partial charge in [0.05, 0.1) is 7.11 Å². The summed E-state index contributed by atoms with van der Waals surface area (Å²) >= 11 is 0. The topological polar surface area (TPSA) is 32.8 Å². The van der Waals surface area contributed by atoms with Gasteiger partial charge in [-0.3, -0.25) is 9.69 Å². The summed E-state index contributed by atoms with van der Waals surface area (Å²) in [5.74, 6) is 0.853. The van der Waals surface area contributed by atoms with Gasteiger partial charge in [0, 0.05) is 36.9 Å². The molecule has 1 fully saturated rings. The van der Waals surface area contributed by atoms with Gasteiger partial charge in [-0.15, -0.1) is 0 Å². The van der Waals surface area contributed by atoms with Crippen molar-refractivity contribution in [3.05, 3.63) is 96.1 Å². The minimum absolute atomic E-state index is 0.0577. The summed E-state index contributed by atoms with van der Waals surface area (Å²) in [4.78, 5) is 17.9. The molecule has 1 amide bonds. The first kappa shape index (κ1) is 20.2. The molecular weight excluding hydrogens is 372 g/mol. The SMILES string of the molecule is COc1ccc(N(C(=O)c2ccccc2)C2CCN(Cc3ccccc3)CC2)cc1. The average molecular weight is 401 g/mol. The number of likely N-dealkylation sites (tertiary alicyclic amines) is 1. The number of rotatable bonds is 6. The van der Waals surface area contributed by atoms with Gasteiger partial charge in [-0.1, -0.05) is 48.5 Å². The van der Waals surface area contributed by atoms with E-state index in [0.29, 0.717) is 0 Å². The van der Waals surface area contributed by atoms with E-state index in [4.69, 9.17) is 4.74 Å². The van der Waals surface area contributed by atoms with Crippen molar-refractivity contribution in [2.45, 2.75) is 25.4 Å². The highest BCUT2D eigenvalue weighted by molar-refractivity contribution is 6.06. The highest BCUT2D eigenvalue weighted by Crippen LogP contribution is 2.28. The van der Waals surface area contributed by atoms with E-state index in [1.54, 1.807) is 7.11 Å². The molecule has 4 nitrogen and oxygen atoms in total. The van der Waals surface area contributed by atoms with Crippen molar-refractivity contribution < 1.29 is 9.53 Å². The Morgan fingerprint density at radius 2 is 1.50 bits per heavy atom. The van der Waals surface area contributed by atoms with Crippen LogP contribution in [0.1, 0.15) is 28.8 Å². The second kappa shape index (κ2) is 9.59. The lowest BCUT2D eigenvalue weighted by Crippen LogP contribution is -2.47. The fourth-order valence-corrected chi connectivity index (χ4v) is 4.13. The third kappa shape index (κ3) is 4.71. The Hall–Kier alpha value is -3.11. The van der Waals surface area contributed by atoms with Crippen molar-refractivity contribution in [2.24, 2.45) is 0 Å². The van der Waals surface area contributed by atoms with Gasteiger partial charge in [-0.2, -0.15) is 0 Å². The third-order valence-electron chi connectivity index (χ3n) is 5.76. The Morgan fingerprint density at radius 3 is 2.10 bits per heavy atom. The minimum atomic E-state index is 0.0577. The first-order valence-corrected chi connectivity index (χ1v) is 10.5. The molecule has 4 heteroatoms. The summed E-state index contributed by atoms with van der Waals surface area (Å²) in [6.07, 6.45) is 1.91. The van der Waals surface area contributed by atoms with Gasteiger partial charge in [0.2, 0.25) is 0 Å². The van der Waals surface area contributed by atoms with Crippen LogP contribution in [0.3, 0.4) is 0 Å². The maximum atomic E-state index is 13.5. The van der Waals surface area contributed by atoms with Crippen LogP contribution < -0.4 is 9.64 Å². The number of ether oxygens (including phenoxy) is 1. The second-order valence-corrected chi connectivity index (χ2v) is 7.73. The summed E-state index contributed by atoms with van der Waals surface area (Å²) in [7, 11) is 1.66. The number of amides is 1. The van der Waals surface area contributed by atoms with Gasteiger partial charge in [-0.05, 0) is 54.8 Å². The van der Waals surface area contributed by atoms with E-state index in [9.17, 15) is 4.79 Å². The van der Waals surface area contributed by atoms with E-state index in [1.807, 2.05) is 59.5 Å². The number of carbonyl (C=O) groups is 1. The molecule has 30 heavy (non-hydrogen) atoms. The average Bonchev–Trinajstić information content (AvgIpc) is 2.82. The van der Waals surface area contributed by atoms with Crippen molar-refractivity contribution in [3.63, 3.8) is 0 Å². The molecule has 0 saturated carbocycles. The van der Waals surface area contributed by atoms with Crippen LogP contribution in [0.4, 0.5) is 5.69 Å². The van der Waals surface area contributed by atoms with Crippen LogP contribution in [0.2, 0.25) is 0 Å². The predicted octanol–water partition coefficient (Wildman–Crippen LogP) is 5.01. The second-order valence-electron chi connectivity index (χ2n) is 7.73. The fourth-order valence-electron chi connectivity index (χ4n) is 4.13. The van der Waals surface area contributed by atoms with Crippen LogP contribution in [-0.4, -0.2) is 37.0 Å². The summed E-state index contributed by atoms with van der Waals surface area (Å²) in [5, 5.41) is 0. The van der Waals surface area contributed by atoms with E-state index < -0.39 is 0 Å². The molecule has 0 aromatic heterocycles. The van der Waals surface area contributed by atoms with Crippen LogP contribution in [0.15, 0.2) is 84.9 Å². The smallest absolute Gasteiger partial charge is 0.258 e. The maximum absolute atomic E-state index is 13.5. The first-order chi connectivity index (χ1) is 14.7. The number of benzene rings is 3. The maximum Gasteiger partial charge on any atom is 0.258 e. The van der Waals surface area contributed by atoms with E-state index in [2.05, 4.69) is 35.2 Å². The molecule has 1 heterocycles. The Bertz CT molecular complexity index is 934. The molecule has 1 saturated heterocycles. The number of nitrogens with zero attached hydrogens (tertiary/aromatic N) is 2. The van der Waals surface area contributed by atoms with E-state index >= 15 is 0 Å². The molecule has 154 valence electrons. The molecule has 0 radical (unpaired) electrons. The zero-order valence-corrected chi connectivity index (χ0v) is 17.4. The van der Waals surface area contributed by atoms with Crippen molar-refractivity contribution in [2.75, 3.05) is 25.1 Å². The van der Waals surface area contributed by atoms with Crippen LogP contribution in [-0.2, 0) is 6.54 Å². The van der Waals surface area contributed by atoms with Crippen LogP contribution in [0.5, 0.6) is 5.75 Å². The number of piperidine rings is 1. The molecule has 3 aromatic carbocycles. The quantitative estimate of drug-likeness (QED) is 0.583. The van der Waals surface area contributed by atoms with E-state index in [1.165, 1.54) is 5.56 Å². The molecule has 4 rings (SSSR count). The van der Waals surface area contributed by atoms with Gasteiger partial charge >= 0.3 is 0 Å². The summed E-state index contributed by atoms with van der Waals surface area (Å²) < 4.78 is 5.30. The first-order valence-electron chi connectivity index (χ1n) is 10.5. The molecule has 0 spiro atoms. The number of hydrogen-bond donors (Lipinski definition) is 0. The van der Waals surface area contributed by atoms with Gasteiger partial charge < -0.3 is 9.64 Å². The molecule has 3 aromatic rings. The summed E-state index contributed by atoms with van der Waals surface area (Å²) in [6, 6.07) is 28.1. The molecular formula is C26H28N2O2. The van der Waals surface area contributed by atoms with E-state index in [0.717, 1.165) is 49.5 Å². The number of hydrogen-bond acceptors (Lipinski definition) is 3. The van der Waals surface area contributed by atoms with Crippen LogP contribution in [0.25, 0.3) is 0 Å². The highest BCUT2D eigenvalue weighted by atomic mass is 16.5. The monoisotopic (exact) mass is 400 g/mol. The Kier molecular flexibility index (Phi) is 6.45. The van der Waals surface area contributed by atoms with Crippen molar-refractivity contribution in [3.8, 4) is 5.75 Å². The minimum Gasteiger partial charge on any atom is -0.497 e. The lowest BCUT2D eigenvalue weighted by molar-refractivity contribution is 0.0958. The standard InChI is InChI=1S/C26H28N2O2/c1-30-25-14-12-23(13-15-25)28(26(29)22-10-6-3-7-11-22)24-16-18-27(19-17-24)20-21-8-4-2-5-9-21/h2-15,24H,16-20H2,1H3. The summed E-state index contributed by atoms with van der Waals surface area (Å²) in [6.45, 7) is 2.92. The molecule has 0 atom stereocenters. The predicted molar refractivity (Wildman–Crippen MR) is 121 cm³/mol. The van der Waals surface area contributed by atoms with Crippen LogP contribution in [0, 0.1) is 0 Å². The third-order valence-corrected chi connectivity index (χ3v) is 5.76. The van der Waals surface area contributed by atoms with Gasteiger partial charge in [0.15, 0.2) is 0 Å². The Balaban J connectivity index is 1.52. The molecule has 0 N–H and O–H groups in total. The van der Waals surface area contributed by atoms with Crippen molar-refractivity contribution >= 4 is 11.6 Å². The Morgan fingerprint density at radius 1 is 0.900 bits per heavy atom. The van der Waals surface area contributed by atoms with Crippen molar-refractivity contribution in [1.29, 1.82) is 0 Å². The summed E-state index contributed by atoms with van der Waals surface area (Å²) in [5.41, 5.74) is 2.98. The lowest BCUT2D eigenvalue weighted by atomic mass is 10.00. The largest absolute Gasteiger partial charge is 0.497 e. The molecule has 1 aliphatic heterocycles. The zero-order valence-electron chi connectivity index (χ0n) is 17.4. The van der Waals surface area contributed by atoms with Gasteiger partial charge in [-0.25, -0.2) is 0 Å². The molecule has 0 bridgehead atoms. The number of methoxy groups -OCH3 is 1. The normalized spacial score (nSPS) is 15.0. The number of carbonyl (C=O) groups excluding carboxylic acids is 1. The molecule has 1 aliphatic rings. The number of anilines is 1. The van der Waals surface area contributed by atoms with Gasteiger partial charge in [0.1, 0.15) is 5.75 Å². The lowest BCUT2D eigenvalue weighted by Gasteiger charge is -2.38.